The van der Waals surface area contributed by atoms with E-state index in [0.29, 0.717) is 22.6 Å². The van der Waals surface area contributed by atoms with Crippen molar-refractivity contribution >= 4 is 23.4 Å². The second kappa shape index (κ2) is 7.75. The van der Waals surface area contributed by atoms with Crippen LogP contribution < -0.4 is 5.32 Å². The zero-order valence-electron chi connectivity index (χ0n) is 16.8. The van der Waals surface area contributed by atoms with Crippen LogP contribution in [-0.4, -0.2) is 30.8 Å². The van der Waals surface area contributed by atoms with Gasteiger partial charge in [0.1, 0.15) is 5.82 Å². The maximum absolute atomic E-state index is 11.3. The van der Waals surface area contributed by atoms with E-state index in [1.54, 1.807) is 0 Å². The fourth-order valence-electron chi connectivity index (χ4n) is 2.56. The van der Waals surface area contributed by atoms with E-state index in [1.165, 1.54) is 18.7 Å². The summed E-state index contributed by atoms with van der Waals surface area (Å²) in [6.45, 7) is 11.5. The number of nitrogens with zero attached hydrogens (tertiary/aromatic N) is 5. The number of aromatic nitrogens is 5. The summed E-state index contributed by atoms with van der Waals surface area (Å²) in [6, 6.07) is 7.55. The van der Waals surface area contributed by atoms with Gasteiger partial charge in [-0.05, 0) is 32.0 Å². The maximum Gasteiger partial charge on any atom is 0.239 e. The largest absolute Gasteiger partial charge is 0.338 e. The van der Waals surface area contributed by atoms with Crippen LogP contribution in [-0.2, 0) is 10.2 Å². The van der Waals surface area contributed by atoms with Crippen molar-refractivity contribution in [3.05, 3.63) is 41.8 Å². The zero-order chi connectivity index (χ0) is 20.5. The number of carbonyl (C=O) groups is 1. The van der Waals surface area contributed by atoms with Crippen molar-refractivity contribution in [2.45, 2.75) is 57.4 Å². The molecule has 0 fully saturated rings. The molecular weight excluding hydrogens is 376 g/mol. The molecular formula is C19H24N6O2S. The summed E-state index contributed by atoms with van der Waals surface area (Å²) in [5.74, 6) is 1.85. The topological polar surface area (TPSA) is 98.7 Å². The third kappa shape index (κ3) is 4.41. The van der Waals surface area contributed by atoms with Crippen LogP contribution in [0, 0.1) is 6.92 Å². The van der Waals surface area contributed by atoms with E-state index in [2.05, 4.69) is 25.7 Å². The van der Waals surface area contributed by atoms with Gasteiger partial charge in [-0.15, -0.1) is 10.2 Å². The lowest BCUT2D eigenvalue weighted by Gasteiger charge is -2.12. The molecule has 0 aliphatic heterocycles. The zero-order valence-corrected chi connectivity index (χ0v) is 17.7. The maximum atomic E-state index is 11.3. The molecule has 3 aromatic rings. The molecule has 9 heteroatoms. The number of nitrogens with one attached hydrogen (secondary N) is 1. The van der Waals surface area contributed by atoms with Gasteiger partial charge >= 0.3 is 0 Å². The monoisotopic (exact) mass is 400 g/mol. The molecule has 0 spiro atoms. The number of rotatable bonds is 5. The minimum atomic E-state index is -0.174. The van der Waals surface area contributed by atoms with Gasteiger partial charge in [0.25, 0.3) is 0 Å². The molecule has 0 bridgehead atoms. The third-order valence-electron chi connectivity index (χ3n) is 3.96. The van der Waals surface area contributed by atoms with Crippen LogP contribution >= 0.6 is 11.8 Å². The first-order valence-electron chi connectivity index (χ1n) is 8.96. The van der Waals surface area contributed by atoms with Gasteiger partial charge in [-0.3, -0.25) is 9.36 Å². The summed E-state index contributed by atoms with van der Waals surface area (Å²) in [7, 11) is 0. The number of anilines is 1. The minimum absolute atomic E-state index is 0.0931. The summed E-state index contributed by atoms with van der Waals surface area (Å²) in [6.07, 6.45) is 0. The summed E-state index contributed by atoms with van der Waals surface area (Å²) < 4.78 is 7.39. The number of hydrogen-bond acceptors (Lipinski definition) is 7. The Labute approximate surface area is 168 Å². The molecule has 1 aromatic carbocycles. The SMILES string of the molecule is CC(=O)Nc1cccc(-n2c(C)nnc2SC(C)c2nc(C(C)(C)C)no2)c1. The molecule has 1 atom stereocenters. The highest BCUT2D eigenvalue weighted by molar-refractivity contribution is 7.99. The number of aryl methyl sites for hydroxylation is 1. The molecule has 1 amide bonds. The fraction of sp³-hybridized carbons (Fsp3) is 0.421. The van der Waals surface area contributed by atoms with Crippen molar-refractivity contribution in [2.75, 3.05) is 5.32 Å². The van der Waals surface area contributed by atoms with Gasteiger partial charge in [-0.1, -0.05) is 43.8 Å². The van der Waals surface area contributed by atoms with Crippen LogP contribution in [0.3, 0.4) is 0 Å². The molecule has 2 aromatic heterocycles. The van der Waals surface area contributed by atoms with E-state index < -0.39 is 0 Å². The number of benzene rings is 1. The van der Waals surface area contributed by atoms with Crippen LogP contribution in [0.15, 0.2) is 33.9 Å². The van der Waals surface area contributed by atoms with Gasteiger partial charge in [0, 0.05) is 18.0 Å². The van der Waals surface area contributed by atoms with Crippen LogP contribution in [0.5, 0.6) is 0 Å². The predicted molar refractivity (Wildman–Crippen MR) is 108 cm³/mol. The van der Waals surface area contributed by atoms with Gasteiger partial charge in [-0.25, -0.2) is 0 Å². The van der Waals surface area contributed by atoms with Crippen LogP contribution in [0.2, 0.25) is 0 Å². The Morgan fingerprint density at radius 1 is 1.29 bits per heavy atom. The normalized spacial score (nSPS) is 12.8. The Balaban J connectivity index is 1.87. The summed E-state index contributed by atoms with van der Waals surface area (Å²) in [5.41, 5.74) is 1.41. The van der Waals surface area contributed by atoms with E-state index in [4.69, 9.17) is 4.52 Å². The Morgan fingerprint density at radius 2 is 2.04 bits per heavy atom. The molecule has 0 saturated carbocycles. The second-order valence-corrected chi connectivity index (χ2v) is 8.87. The molecule has 1 N–H and O–H groups in total. The van der Waals surface area contributed by atoms with Crippen molar-refractivity contribution in [3.63, 3.8) is 0 Å². The number of hydrogen-bond donors (Lipinski definition) is 1. The molecule has 0 saturated heterocycles. The first-order valence-corrected chi connectivity index (χ1v) is 9.84. The Hall–Kier alpha value is -2.68. The number of carbonyl (C=O) groups excluding carboxylic acids is 1. The van der Waals surface area contributed by atoms with Crippen LogP contribution in [0.25, 0.3) is 5.69 Å². The smallest absolute Gasteiger partial charge is 0.239 e. The van der Waals surface area contributed by atoms with Gasteiger partial charge in [0.2, 0.25) is 11.8 Å². The highest BCUT2D eigenvalue weighted by Crippen LogP contribution is 2.35. The van der Waals surface area contributed by atoms with Crippen molar-refractivity contribution < 1.29 is 9.32 Å². The number of amides is 1. The quantitative estimate of drug-likeness (QED) is 0.645. The van der Waals surface area contributed by atoms with Gasteiger partial charge in [-0.2, -0.15) is 4.98 Å². The van der Waals surface area contributed by atoms with E-state index in [-0.39, 0.29) is 16.6 Å². The molecule has 2 heterocycles. The van der Waals surface area contributed by atoms with Crippen molar-refractivity contribution in [2.24, 2.45) is 0 Å². The van der Waals surface area contributed by atoms with Gasteiger partial charge in [0.15, 0.2) is 11.0 Å². The summed E-state index contributed by atoms with van der Waals surface area (Å²) >= 11 is 1.49. The van der Waals surface area contributed by atoms with Gasteiger partial charge < -0.3 is 9.84 Å². The van der Waals surface area contributed by atoms with E-state index in [9.17, 15) is 4.79 Å². The number of thioether (sulfide) groups is 1. The van der Waals surface area contributed by atoms with E-state index in [1.807, 2.05) is 63.5 Å². The molecule has 1 unspecified atom stereocenters. The van der Waals surface area contributed by atoms with E-state index >= 15 is 0 Å². The average molecular weight is 401 g/mol. The minimum Gasteiger partial charge on any atom is -0.338 e. The highest BCUT2D eigenvalue weighted by Gasteiger charge is 2.25. The van der Waals surface area contributed by atoms with Crippen LogP contribution in [0.1, 0.15) is 57.4 Å². The Morgan fingerprint density at radius 3 is 2.68 bits per heavy atom. The lowest BCUT2D eigenvalue weighted by atomic mass is 9.96. The average Bonchev–Trinajstić information content (AvgIpc) is 3.21. The van der Waals surface area contributed by atoms with E-state index in [0.717, 1.165) is 11.5 Å². The lowest BCUT2D eigenvalue weighted by Crippen LogP contribution is -2.13. The standard InChI is InChI=1S/C19H24N6O2S/c1-11(16-21-17(24-27-16)19(4,5)6)28-18-23-22-12(2)25(18)15-9-7-8-14(10-15)20-13(3)26/h7-11H,1-6H3,(H,20,26). The highest BCUT2D eigenvalue weighted by atomic mass is 32.2. The third-order valence-corrected chi connectivity index (χ3v) is 4.99. The Bertz CT molecular complexity index is 988. The molecule has 0 aliphatic rings. The Kier molecular flexibility index (Phi) is 5.55. The predicted octanol–water partition coefficient (Wildman–Crippen LogP) is 4.07. The molecule has 3 rings (SSSR count). The van der Waals surface area contributed by atoms with Crippen LogP contribution in [0.4, 0.5) is 5.69 Å². The lowest BCUT2D eigenvalue weighted by molar-refractivity contribution is -0.114. The summed E-state index contributed by atoms with van der Waals surface area (Å²) in [5, 5.41) is 16.0. The van der Waals surface area contributed by atoms with Crippen molar-refractivity contribution in [3.8, 4) is 5.69 Å². The molecule has 148 valence electrons. The molecule has 0 aliphatic carbocycles. The van der Waals surface area contributed by atoms with Crippen molar-refractivity contribution in [1.82, 2.24) is 24.9 Å². The van der Waals surface area contributed by atoms with Gasteiger partial charge in [0.05, 0.1) is 10.9 Å². The molecule has 0 radical (unpaired) electrons. The first-order chi connectivity index (χ1) is 13.1. The van der Waals surface area contributed by atoms with Crippen molar-refractivity contribution in [1.29, 1.82) is 0 Å². The first kappa shape index (κ1) is 20.1. The molecule has 8 nitrogen and oxygen atoms in total. The second-order valence-electron chi connectivity index (χ2n) is 7.56. The molecule has 28 heavy (non-hydrogen) atoms. The summed E-state index contributed by atoms with van der Waals surface area (Å²) in [4.78, 5) is 15.9. The fourth-order valence-corrected chi connectivity index (χ4v) is 3.50.